The molecule has 1 aliphatic heterocycles. The van der Waals surface area contributed by atoms with Gasteiger partial charge >= 0.3 is 0 Å². The number of rotatable bonds is 3. The number of fused-ring (bicyclic) bond motifs is 1. The largest absolute Gasteiger partial charge is 0.326 e. The molecule has 7 nitrogen and oxygen atoms in total. The molecular formula is C17H15N5O2S. The molecule has 8 heteroatoms. The highest BCUT2D eigenvalue weighted by atomic mass is 32.1. The van der Waals surface area contributed by atoms with Crippen LogP contribution < -0.4 is 10.6 Å². The monoisotopic (exact) mass is 353 g/mol. The zero-order valence-electron chi connectivity index (χ0n) is 13.4. The Kier molecular flexibility index (Phi) is 3.81. The van der Waals surface area contributed by atoms with Crippen LogP contribution in [0, 0.1) is 0 Å². The summed E-state index contributed by atoms with van der Waals surface area (Å²) in [5.41, 5.74) is 4.22. The molecule has 0 saturated carbocycles. The van der Waals surface area contributed by atoms with Crippen molar-refractivity contribution in [3.8, 4) is 11.3 Å². The lowest BCUT2D eigenvalue weighted by Crippen LogP contribution is -2.18. The number of thiazole rings is 1. The second-order valence-electron chi connectivity index (χ2n) is 5.81. The Bertz CT molecular complexity index is 975. The summed E-state index contributed by atoms with van der Waals surface area (Å²) < 4.78 is 1.58. The van der Waals surface area contributed by atoms with Crippen LogP contribution in [-0.4, -0.2) is 26.6 Å². The molecular weight excluding hydrogens is 338 g/mol. The molecule has 2 aromatic heterocycles. The van der Waals surface area contributed by atoms with Gasteiger partial charge in [-0.05, 0) is 24.1 Å². The van der Waals surface area contributed by atoms with Crippen molar-refractivity contribution in [2.45, 2.75) is 12.8 Å². The number of amides is 2. The summed E-state index contributed by atoms with van der Waals surface area (Å²) in [5, 5.41) is 12.1. The van der Waals surface area contributed by atoms with Crippen LogP contribution in [0.25, 0.3) is 11.3 Å². The van der Waals surface area contributed by atoms with Crippen molar-refractivity contribution >= 4 is 34.0 Å². The van der Waals surface area contributed by atoms with Gasteiger partial charge in [0.15, 0.2) is 5.13 Å². The van der Waals surface area contributed by atoms with Crippen molar-refractivity contribution in [3.05, 3.63) is 47.1 Å². The van der Waals surface area contributed by atoms with Crippen LogP contribution in [0.5, 0.6) is 0 Å². The number of nitrogens with one attached hydrogen (secondary N) is 2. The number of nitrogens with zero attached hydrogens (tertiary/aromatic N) is 3. The van der Waals surface area contributed by atoms with Crippen LogP contribution in [-0.2, 0) is 18.3 Å². The molecule has 0 spiro atoms. The van der Waals surface area contributed by atoms with Gasteiger partial charge in [0.25, 0.3) is 5.91 Å². The van der Waals surface area contributed by atoms with Gasteiger partial charge in [-0.1, -0.05) is 6.07 Å². The van der Waals surface area contributed by atoms with Gasteiger partial charge in [0, 0.05) is 36.3 Å². The Morgan fingerprint density at radius 1 is 1.36 bits per heavy atom. The summed E-state index contributed by atoms with van der Waals surface area (Å²) in [7, 11) is 1.76. The minimum Gasteiger partial charge on any atom is -0.326 e. The quantitative estimate of drug-likeness (QED) is 0.758. The average Bonchev–Trinajstić information content (AvgIpc) is 3.23. The van der Waals surface area contributed by atoms with E-state index in [1.54, 1.807) is 17.9 Å². The molecule has 0 aliphatic carbocycles. The molecule has 2 N–H and O–H groups in total. The molecule has 0 atom stereocenters. The van der Waals surface area contributed by atoms with E-state index in [1.165, 1.54) is 17.5 Å². The fraction of sp³-hybridized carbons (Fsp3) is 0.176. The van der Waals surface area contributed by atoms with Crippen molar-refractivity contribution in [2.24, 2.45) is 7.05 Å². The molecule has 2 amide bonds. The third-order valence-corrected chi connectivity index (χ3v) is 4.75. The van der Waals surface area contributed by atoms with E-state index in [1.807, 2.05) is 23.6 Å². The van der Waals surface area contributed by atoms with E-state index in [9.17, 15) is 9.59 Å². The zero-order valence-corrected chi connectivity index (χ0v) is 14.3. The fourth-order valence-electron chi connectivity index (χ4n) is 2.71. The summed E-state index contributed by atoms with van der Waals surface area (Å²) in [5.74, 6) is -0.184. The second kappa shape index (κ2) is 6.14. The summed E-state index contributed by atoms with van der Waals surface area (Å²) in [6, 6.07) is 5.86. The first-order valence-electron chi connectivity index (χ1n) is 7.77. The van der Waals surface area contributed by atoms with Crippen LogP contribution in [0.3, 0.4) is 0 Å². The maximum Gasteiger partial charge on any atom is 0.260 e. The van der Waals surface area contributed by atoms with E-state index in [0.29, 0.717) is 17.1 Å². The molecule has 126 valence electrons. The molecule has 0 saturated heterocycles. The fourth-order valence-corrected chi connectivity index (χ4v) is 3.43. The normalized spacial score (nSPS) is 13.2. The van der Waals surface area contributed by atoms with Gasteiger partial charge in [0.1, 0.15) is 0 Å². The maximum absolute atomic E-state index is 12.2. The summed E-state index contributed by atoms with van der Waals surface area (Å²) >= 11 is 1.37. The zero-order chi connectivity index (χ0) is 17.4. The number of anilines is 2. The topological polar surface area (TPSA) is 88.9 Å². The molecule has 0 unspecified atom stereocenters. The smallest absolute Gasteiger partial charge is 0.260 e. The second-order valence-corrected chi connectivity index (χ2v) is 6.67. The van der Waals surface area contributed by atoms with Gasteiger partial charge in [-0.25, -0.2) is 4.98 Å². The third-order valence-electron chi connectivity index (χ3n) is 3.99. The Balaban J connectivity index is 1.53. The summed E-state index contributed by atoms with van der Waals surface area (Å²) in [6.45, 7) is 0. The minimum absolute atomic E-state index is 0.0503. The van der Waals surface area contributed by atoms with E-state index >= 15 is 0 Å². The highest BCUT2D eigenvalue weighted by Crippen LogP contribution is 2.30. The molecule has 3 aromatic rings. The third kappa shape index (κ3) is 3.16. The number of hydrogen-bond acceptors (Lipinski definition) is 5. The van der Waals surface area contributed by atoms with Crippen LogP contribution in [0.4, 0.5) is 10.8 Å². The van der Waals surface area contributed by atoms with Gasteiger partial charge in [0.2, 0.25) is 5.91 Å². The molecule has 1 aliphatic rings. The van der Waals surface area contributed by atoms with Crippen LogP contribution in [0.15, 0.2) is 36.0 Å². The predicted molar refractivity (Wildman–Crippen MR) is 95.7 cm³/mol. The van der Waals surface area contributed by atoms with E-state index in [2.05, 4.69) is 20.7 Å². The Labute approximate surface area is 147 Å². The highest BCUT2D eigenvalue weighted by molar-refractivity contribution is 7.14. The molecule has 25 heavy (non-hydrogen) atoms. The first-order valence-corrected chi connectivity index (χ1v) is 8.65. The molecule has 4 rings (SSSR count). The van der Waals surface area contributed by atoms with Crippen molar-refractivity contribution in [2.75, 3.05) is 10.6 Å². The predicted octanol–water partition coefficient (Wildman–Crippen LogP) is 2.68. The molecule has 0 bridgehead atoms. The molecule has 3 heterocycles. The lowest BCUT2D eigenvalue weighted by Gasteiger charge is -2.17. The van der Waals surface area contributed by atoms with Crippen molar-refractivity contribution < 1.29 is 9.59 Å². The SMILES string of the molecule is Cn1cc(C(=O)Nc2nc(-c3ccc4c(c3)CCC(=O)N4)cs2)cn1. The minimum atomic E-state index is -0.234. The van der Waals surface area contributed by atoms with Gasteiger partial charge in [-0.2, -0.15) is 5.10 Å². The van der Waals surface area contributed by atoms with Gasteiger partial charge in [-0.15, -0.1) is 11.3 Å². The van der Waals surface area contributed by atoms with E-state index in [0.717, 1.165) is 28.9 Å². The van der Waals surface area contributed by atoms with E-state index < -0.39 is 0 Å². The standard InChI is InChI=1S/C17H15N5O2S/c1-22-8-12(7-18-22)16(24)21-17-20-14(9-25-17)11-2-4-13-10(6-11)3-5-15(23)19-13/h2,4,6-9H,3,5H2,1H3,(H,19,23)(H,20,21,24). The molecule has 0 radical (unpaired) electrons. The lowest BCUT2D eigenvalue weighted by atomic mass is 9.99. The van der Waals surface area contributed by atoms with Crippen molar-refractivity contribution in [1.29, 1.82) is 0 Å². The number of aromatic nitrogens is 3. The lowest BCUT2D eigenvalue weighted by molar-refractivity contribution is -0.116. The highest BCUT2D eigenvalue weighted by Gasteiger charge is 2.16. The number of benzene rings is 1. The van der Waals surface area contributed by atoms with Crippen molar-refractivity contribution in [1.82, 2.24) is 14.8 Å². The first-order chi connectivity index (χ1) is 12.1. The molecule has 0 fully saturated rings. The Morgan fingerprint density at radius 2 is 2.24 bits per heavy atom. The summed E-state index contributed by atoms with van der Waals surface area (Å²) in [6.07, 6.45) is 4.40. The summed E-state index contributed by atoms with van der Waals surface area (Å²) in [4.78, 5) is 28.1. The number of carbonyl (C=O) groups excluding carboxylic acids is 2. The van der Waals surface area contributed by atoms with E-state index in [4.69, 9.17) is 0 Å². The average molecular weight is 353 g/mol. The number of carbonyl (C=O) groups is 2. The number of aryl methyl sites for hydroxylation is 2. The van der Waals surface area contributed by atoms with Gasteiger partial charge in [-0.3, -0.25) is 19.6 Å². The first kappa shape index (κ1) is 15.5. The Hall–Kier alpha value is -3.00. The van der Waals surface area contributed by atoms with Crippen LogP contribution >= 0.6 is 11.3 Å². The van der Waals surface area contributed by atoms with E-state index in [-0.39, 0.29) is 11.8 Å². The van der Waals surface area contributed by atoms with Gasteiger partial charge in [0.05, 0.1) is 17.5 Å². The molecule has 1 aromatic carbocycles. The number of hydrogen-bond donors (Lipinski definition) is 2. The van der Waals surface area contributed by atoms with Crippen LogP contribution in [0.2, 0.25) is 0 Å². The van der Waals surface area contributed by atoms with Crippen molar-refractivity contribution in [3.63, 3.8) is 0 Å². The Morgan fingerprint density at radius 3 is 3.04 bits per heavy atom. The van der Waals surface area contributed by atoms with Crippen LogP contribution in [0.1, 0.15) is 22.3 Å². The maximum atomic E-state index is 12.2. The van der Waals surface area contributed by atoms with Gasteiger partial charge < -0.3 is 5.32 Å².